The van der Waals surface area contributed by atoms with Crippen LogP contribution in [-0.4, -0.2) is 84.1 Å². The zero-order chi connectivity index (χ0) is 26.0. The van der Waals surface area contributed by atoms with E-state index in [4.69, 9.17) is 9.47 Å². The smallest absolute Gasteiger partial charge is 0.354 e. The van der Waals surface area contributed by atoms with E-state index in [1.165, 1.54) is 30.2 Å². The van der Waals surface area contributed by atoms with E-state index in [0.717, 1.165) is 13.1 Å². The number of aromatic nitrogens is 1. The summed E-state index contributed by atoms with van der Waals surface area (Å²) in [5.41, 5.74) is 1.43. The Hall–Kier alpha value is -3.50. The number of methoxy groups -OCH3 is 1. The largest absolute Gasteiger partial charge is 0.507 e. The molecule has 2 N–H and O–H groups in total. The van der Waals surface area contributed by atoms with Crippen LogP contribution in [0.1, 0.15) is 45.3 Å². The van der Waals surface area contributed by atoms with Crippen molar-refractivity contribution in [3.8, 4) is 0 Å². The highest BCUT2D eigenvalue weighted by atomic mass is 19.1. The number of aromatic amines is 1. The minimum atomic E-state index is -0.972. The molecule has 1 aromatic heterocycles. The lowest BCUT2D eigenvalue weighted by Gasteiger charge is -2.29. The number of ketones is 1. The Morgan fingerprint density at radius 3 is 2.61 bits per heavy atom. The molecular weight excluding hydrogens is 469 g/mol. The second kappa shape index (κ2) is 10.6. The summed E-state index contributed by atoms with van der Waals surface area (Å²) in [6, 6.07) is 4.69. The molecule has 0 radical (unpaired) electrons. The molecule has 192 valence electrons. The molecule has 0 aliphatic carbocycles. The van der Waals surface area contributed by atoms with Crippen LogP contribution in [0.4, 0.5) is 4.39 Å². The van der Waals surface area contributed by atoms with E-state index in [1.807, 2.05) is 0 Å². The molecule has 1 aromatic carbocycles. The van der Waals surface area contributed by atoms with Crippen LogP contribution in [0.5, 0.6) is 0 Å². The summed E-state index contributed by atoms with van der Waals surface area (Å²) in [4.78, 5) is 45.1. The molecule has 2 saturated heterocycles. The number of aliphatic hydroxyl groups is 1. The number of morpholine rings is 1. The van der Waals surface area contributed by atoms with Gasteiger partial charge in [0.25, 0.3) is 11.7 Å². The zero-order valence-electron chi connectivity index (χ0n) is 20.6. The minimum absolute atomic E-state index is 0.138. The fourth-order valence-corrected chi connectivity index (χ4v) is 4.97. The van der Waals surface area contributed by atoms with Crippen LogP contribution in [0.25, 0.3) is 5.76 Å². The number of halogens is 1. The summed E-state index contributed by atoms with van der Waals surface area (Å²) in [5, 5.41) is 11.4. The average molecular weight is 500 g/mol. The van der Waals surface area contributed by atoms with Crippen molar-refractivity contribution >= 4 is 23.4 Å². The number of carbonyl (C=O) groups excluding carboxylic acids is 3. The van der Waals surface area contributed by atoms with Crippen molar-refractivity contribution in [2.75, 3.05) is 46.5 Å². The number of aryl methyl sites for hydroxylation is 1. The number of benzene rings is 1. The molecule has 1 atom stereocenters. The van der Waals surface area contributed by atoms with Crippen LogP contribution in [-0.2, 0) is 19.1 Å². The number of Topliss-reactive ketones (excluding diaryl/α,β-unsaturated/α-hetero) is 1. The number of carbonyl (C=O) groups is 3. The summed E-state index contributed by atoms with van der Waals surface area (Å²) >= 11 is 0. The van der Waals surface area contributed by atoms with Crippen molar-refractivity contribution in [2.24, 2.45) is 0 Å². The fourth-order valence-electron chi connectivity index (χ4n) is 4.97. The molecule has 0 unspecified atom stereocenters. The number of hydrogen-bond donors (Lipinski definition) is 2. The van der Waals surface area contributed by atoms with Gasteiger partial charge in [0.05, 0.1) is 31.9 Å². The van der Waals surface area contributed by atoms with Crippen LogP contribution in [0.2, 0.25) is 0 Å². The van der Waals surface area contributed by atoms with E-state index >= 15 is 0 Å². The Morgan fingerprint density at radius 2 is 1.94 bits per heavy atom. The van der Waals surface area contributed by atoms with Crippen LogP contribution in [0.3, 0.4) is 0 Å². The Bertz CT molecular complexity index is 1210. The lowest BCUT2D eigenvalue weighted by atomic mass is 9.94. The lowest BCUT2D eigenvalue weighted by Crippen LogP contribution is -2.39. The summed E-state index contributed by atoms with van der Waals surface area (Å²) in [6.07, 6.45) is 0.591. The van der Waals surface area contributed by atoms with Crippen LogP contribution >= 0.6 is 0 Å². The van der Waals surface area contributed by atoms with Gasteiger partial charge in [-0.1, -0.05) is 12.1 Å². The van der Waals surface area contributed by atoms with E-state index in [-0.39, 0.29) is 23.4 Å². The summed E-state index contributed by atoms with van der Waals surface area (Å²) in [5.74, 6) is -3.17. The highest BCUT2D eigenvalue weighted by molar-refractivity contribution is 6.46. The molecule has 0 saturated carbocycles. The molecule has 9 nitrogen and oxygen atoms in total. The molecule has 4 rings (SSSR count). The van der Waals surface area contributed by atoms with Gasteiger partial charge in [0.2, 0.25) is 0 Å². The molecule has 2 aromatic rings. The third-order valence-corrected chi connectivity index (χ3v) is 6.75. The molecule has 2 aliphatic rings. The summed E-state index contributed by atoms with van der Waals surface area (Å²) < 4.78 is 24.4. The number of hydrogen-bond acceptors (Lipinski definition) is 7. The van der Waals surface area contributed by atoms with Crippen molar-refractivity contribution in [3.05, 3.63) is 63.7 Å². The van der Waals surface area contributed by atoms with E-state index in [9.17, 15) is 23.9 Å². The predicted molar refractivity (Wildman–Crippen MR) is 129 cm³/mol. The lowest BCUT2D eigenvalue weighted by molar-refractivity contribution is -0.140. The third kappa shape index (κ3) is 4.78. The van der Waals surface area contributed by atoms with Crippen molar-refractivity contribution in [3.63, 3.8) is 0 Å². The van der Waals surface area contributed by atoms with Gasteiger partial charge in [0.1, 0.15) is 17.3 Å². The maximum atomic E-state index is 14.2. The monoisotopic (exact) mass is 499 g/mol. The quantitative estimate of drug-likeness (QED) is 0.261. The first-order valence-corrected chi connectivity index (χ1v) is 11.9. The first kappa shape index (κ1) is 25.6. The number of rotatable bonds is 7. The van der Waals surface area contributed by atoms with Gasteiger partial charge in [-0.25, -0.2) is 9.18 Å². The highest BCUT2D eigenvalue weighted by Crippen LogP contribution is 2.41. The van der Waals surface area contributed by atoms with Crippen molar-refractivity contribution < 1.29 is 33.4 Å². The Morgan fingerprint density at radius 1 is 1.22 bits per heavy atom. The maximum Gasteiger partial charge on any atom is 0.354 e. The van der Waals surface area contributed by atoms with E-state index < -0.39 is 35.3 Å². The van der Waals surface area contributed by atoms with Crippen molar-refractivity contribution in [1.82, 2.24) is 14.8 Å². The zero-order valence-corrected chi connectivity index (χ0v) is 20.6. The molecule has 36 heavy (non-hydrogen) atoms. The van der Waals surface area contributed by atoms with E-state index in [2.05, 4.69) is 9.88 Å². The maximum absolute atomic E-state index is 14.2. The Labute approximate surface area is 208 Å². The number of ether oxygens (including phenoxy) is 2. The fraction of sp³-hybridized carbons (Fsp3) is 0.423. The number of nitrogens with zero attached hydrogens (tertiary/aromatic N) is 2. The summed E-state index contributed by atoms with van der Waals surface area (Å²) in [7, 11) is 1.24. The standard InChI is InChI=1S/C26H30FN3O6/c1-15-19(16(2)28-21(15)26(34)35-3)23(31)20-22(17-6-4-7-18(27)14-17)30(25(33)24(20)32)9-5-8-29-10-12-36-13-11-29/h4,6-7,14,22,28,31H,5,8-13H2,1-3H3/b23-20+/t22-/m0/s1. The number of amides is 1. The number of esters is 1. The normalized spacial score (nSPS) is 20.2. The Kier molecular flexibility index (Phi) is 7.56. The average Bonchev–Trinajstić information content (AvgIpc) is 3.31. The first-order valence-electron chi connectivity index (χ1n) is 11.9. The van der Waals surface area contributed by atoms with Crippen LogP contribution in [0, 0.1) is 19.7 Å². The number of nitrogens with one attached hydrogen (secondary N) is 1. The molecule has 3 heterocycles. The highest BCUT2D eigenvalue weighted by Gasteiger charge is 2.46. The third-order valence-electron chi connectivity index (χ3n) is 6.75. The molecule has 2 aliphatic heterocycles. The molecule has 10 heteroatoms. The van der Waals surface area contributed by atoms with Gasteiger partial charge in [-0.2, -0.15) is 0 Å². The summed E-state index contributed by atoms with van der Waals surface area (Å²) in [6.45, 7) is 7.10. The molecule has 2 fully saturated rings. The SMILES string of the molecule is COC(=O)c1[nH]c(C)c(/C(O)=C2\C(=O)C(=O)N(CCCN3CCOCC3)[C@H]2c2cccc(F)c2)c1C. The van der Waals surface area contributed by atoms with Gasteiger partial charge >= 0.3 is 5.97 Å². The number of likely N-dealkylation sites (tertiary alicyclic amines) is 1. The van der Waals surface area contributed by atoms with E-state index in [1.54, 1.807) is 19.9 Å². The van der Waals surface area contributed by atoms with Gasteiger partial charge in [-0.3, -0.25) is 14.5 Å². The number of aliphatic hydroxyl groups excluding tert-OH is 1. The van der Waals surface area contributed by atoms with E-state index in [0.29, 0.717) is 43.0 Å². The van der Waals surface area contributed by atoms with Gasteiger partial charge in [0, 0.05) is 37.4 Å². The van der Waals surface area contributed by atoms with Gasteiger partial charge in [0.15, 0.2) is 0 Å². The Balaban J connectivity index is 1.75. The van der Waals surface area contributed by atoms with Crippen LogP contribution < -0.4 is 0 Å². The molecule has 0 bridgehead atoms. The second-order valence-corrected chi connectivity index (χ2v) is 8.97. The van der Waals surface area contributed by atoms with Crippen LogP contribution in [0.15, 0.2) is 29.8 Å². The van der Waals surface area contributed by atoms with Gasteiger partial charge in [-0.05, 0) is 43.5 Å². The minimum Gasteiger partial charge on any atom is -0.507 e. The molecular formula is C26H30FN3O6. The number of H-pyrrole nitrogens is 1. The van der Waals surface area contributed by atoms with Crippen molar-refractivity contribution in [1.29, 1.82) is 0 Å². The molecule has 1 amide bonds. The topological polar surface area (TPSA) is 112 Å². The van der Waals surface area contributed by atoms with Crippen molar-refractivity contribution in [2.45, 2.75) is 26.3 Å². The van der Waals surface area contributed by atoms with Gasteiger partial charge in [-0.15, -0.1) is 0 Å². The first-order chi connectivity index (χ1) is 17.2. The second-order valence-electron chi connectivity index (χ2n) is 8.97. The predicted octanol–water partition coefficient (Wildman–Crippen LogP) is 2.70. The van der Waals surface area contributed by atoms with Gasteiger partial charge < -0.3 is 24.5 Å². The molecule has 0 spiro atoms.